The van der Waals surface area contributed by atoms with Crippen LogP contribution in [0.15, 0.2) is 40.2 Å². The number of nitrogens with one attached hydrogen (secondary N) is 2. The average molecular weight is 533 g/mol. The highest BCUT2D eigenvalue weighted by Crippen LogP contribution is 2.30. The largest absolute Gasteiger partial charge is 0.382 e. The molecule has 192 valence electrons. The molecule has 0 radical (unpaired) electrons. The Hall–Kier alpha value is -4.40. The number of hydrogen-bond donors (Lipinski definition) is 3. The summed E-state index contributed by atoms with van der Waals surface area (Å²) >= 11 is 0. The van der Waals surface area contributed by atoms with E-state index in [0.29, 0.717) is 5.39 Å². The Morgan fingerprint density at radius 1 is 1.08 bits per heavy atom. The van der Waals surface area contributed by atoms with Crippen LogP contribution in [0.25, 0.3) is 27.8 Å². The third kappa shape index (κ3) is 3.78. The van der Waals surface area contributed by atoms with Crippen LogP contribution in [-0.4, -0.2) is 44.0 Å². The first-order valence-corrected chi connectivity index (χ1v) is 12.7. The molecule has 3 heterocycles. The maximum absolute atomic E-state index is 14.7. The van der Waals surface area contributed by atoms with Gasteiger partial charge in [0.1, 0.15) is 21.7 Å². The third-order valence-corrected chi connectivity index (χ3v) is 6.85. The smallest absolute Gasteiger partial charge is 0.335 e. The van der Waals surface area contributed by atoms with E-state index in [1.54, 1.807) is 13.8 Å². The molecule has 37 heavy (non-hydrogen) atoms. The number of halogens is 3. The van der Waals surface area contributed by atoms with E-state index >= 15 is 0 Å². The van der Waals surface area contributed by atoms with Gasteiger partial charge in [-0.3, -0.25) is 14.2 Å². The first kappa shape index (κ1) is 24.3. The molecule has 0 amide bonds. The van der Waals surface area contributed by atoms with Crippen molar-refractivity contribution < 1.29 is 21.6 Å². The van der Waals surface area contributed by atoms with Crippen LogP contribution >= 0.6 is 0 Å². The number of H-pyrrole nitrogens is 1. The van der Waals surface area contributed by atoms with E-state index < -0.39 is 49.6 Å². The maximum Gasteiger partial charge on any atom is 0.335 e. The lowest BCUT2D eigenvalue weighted by molar-refractivity contribution is 0.488. The first-order valence-electron chi connectivity index (χ1n) is 10.8. The molecule has 0 saturated carbocycles. The van der Waals surface area contributed by atoms with Crippen LogP contribution in [0.1, 0.15) is 19.9 Å². The van der Waals surface area contributed by atoms with E-state index in [4.69, 9.17) is 5.73 Å². The van der Waals surface area contributed by atoms with Gasteiger partial charge in [0.2, 0.25) is 5.95 Å². The molecule has 0 atom stereocenters. The molecule has 0 spiro atoms. The predicted molar refractivity (Wildman–Crippen MR) is 130 cm³/mol. The van der Waals surface area contributed by atoms with Gasteiger partial charge in [-0.05, 0) is 38.1 Å². The number of sulfone groups is 1. The fourth-order valence-corrected chi connectivity index (χ4v) is 4.83. The highest BCUT2D eigenvalue weighted by molar-refractivity contribution is 7.90. The highest BCUT2D eigenvalue weighted by Gasteiger charge is 2.25. The molecular weight excluding hydrogens is 513 g/mol. The van der Waals surface area contributed by atoms with Crippen molar-refractivity contribution >= 4 is 49.4 Å². The molecular formula is C22H19F3N8O3S. The third-order valence-electron chi connectivity index (χ3n) is 5.73. The van der Waals surface area contributed by atoms with Gasteiger partial charge >= 0.3 is 5.69 Å². The van der Waals surface area contributed by atoms with Crippen molar-refractivity contribution in [3.05, 3.63) is 58.4 Å². The molecule has 0 aliphatic rings. The quantitative estimate of drug-likeness (QED) is 0.312. The molecule has 4 N–H and O–H groups in total. The maximum atomic E-state index is 14.7. The van der Waals surface area contributed by atoms with Gasteiger partial charge in [-0.15, -0.1) is 0 Å². The van der Waals surface area contributed by atoms with Gasteiger partial charge in [-0.1, -0.05) is 0 Å². The second-order valence-electron chi connectivity index (χ2n) is 8.55. The number of hydrogen-bond acceptors (Lipinski definition) is 8. The lowest BCUT2D eigenvalue weighted by Crippen LogP contribution is -2.25. The number of aromatic nitrogens is 6. The Kier molecular flexibility index (Phi) is 5.47. The lowest BCUT2D eigenvalue weighted by Gasteiger charge is -2.11. The zero-order valence-corrected chi connectivity index (χ0v) is 20.4. The SMILES string of the molecule is CC(C)n1c(=O)n(-c2ccc(F)c3[nH]ncc23)c2c(N)nc(Nc3ccc(S(C)(=O)=O)c(F)c3F)nc21. The van der Waals surface area contributed by atoms with Crippen LogP contribution in [0.5, 0.6) is 0 Å². The summed E-state index contributed by atoms with van der Waals surface area (Å²) in [6.07, 6.45) is 2.12. The summed E-state index contributed by atoms with van der Waals surface area (Å²) in [6, 6.07) is 4.08. The molecule has 0 fully saturated rings. The van der Waals surface area contributed by atoms with Crippen LogP contribution in [0.4, 0.5) is 30.6 Å². The van der Waals surface area contributed by atoms with Crippen molar-refractivity contribution in [1.82, 2.24) is 29.3 Å². The second kappa shape index (κ2) is 8.33. The van der Waals surface area contributed by atoms with E-state index in [1.165, 1.54) is 27.5 Å². The Morgan fingerprint density at radius 3 is 2.49 bits per heavy atom. The topological polar surface area (TPSA) is 154 Å². The number of benzene rings is 2. The molecule has 3 aromatic heterocycles. The monoisotopic (exact) mass is 532 g/mol. The normalized spacial score (nSPS) is 12.2. The number of anilines is 3. The summed E-state index contributed by atoms with van der Waals surface area (Å²) in [5.74, 6) is -4.04. The van der Waals surface area contributed by atoms with Crippen LogP contribution in [0.2, 0.25) is 0 Å². The molecule has 11 nitrogen and oxygen atoms in total. The predicted octanol–water partition coefficient (Wildman–Crippen LogP) is 3.19. The van der Waals surface area contributed by atoms with Gasteiger partial charge in [-0.2, -0.15) is 15.1 Å². The summed E-state index contributed by atoms with van der Waals surface area (Å²) in [7, 11) is -4.00. The minimum Gasteiger partial charge on any atom is -0.382 e. The molecule has 5 rings (SSSR count). The van der Waals surface area contributed by atoms with Gasteiger partial charge in [0, 0.05) is 17.7 Å². The molecule has 0 bridgehead atoms. The van der Waals surface area contributed by atoms with Crippen molar-refractivity contribution in [3.63, 3.8) is 0 Å². The summed E-state index contributed by atoms with van der Waals surface area (Å²) in [4.78, 5) is 21.1. The van der Waals surface area contributed by atoms with Gasteiger partial charge in [0.15, 0.2) is 32.9 Å². The number of imidazole rings is 1. The lowest BCUT2D eigenvalue weighted by atomic mass is 10.2. The molecule has 0 aliphatic heterocycles. The zero-order valence-electron chi connectivity index (χ0n) is 19.5. The van der Waals surface area contributed by atoms with Gasteiger partial charge in [-0.25, -0.2) is 26.4 Å². The van der Waals surface area contributed by atoms with Crippen molar-refractivity contribution in [2.75, 3.05) is 17.3 Å². The van der Waals surface area contributed by atoms with Crippen LogP contribution in [0, 0.1) is 17.5 Å². The van der Waals surface area contributed by atoms with Crippen molar-refractivity contribution in [2.24, 2.45) is 0 Å². The second-order valence-corrected chi connectivity index (χ2v) is 10.5. The van der Waals surface area contributed by atoms with Gasteiger partial charge < -0.3 is 11.1 Å². The summed E-state index contributed by atoms with van der Waals surface area (Å²) in [5, 5.41) is 9.21. The molecule has 15 heteroatoms. The van der Waals surface area contributed by atoms with E-state index in [0.717, 1.165) is 18.4 Å². The van der Waals surface area contributed by atoms with Gasteiger partial charge in [0.05, 0.1) is 17.6 Å². The Balaban J connectivity index is 1.72. The number of fused-ring (bicyclic) bond motifs is 2. The summed E-state index contributed by atoms with van der Waals surface area (Å²) in [6.45, 7) is 3.46. The minimum atomic E-state index is -4.00. The van der Waals surface area contributed by atoms with Crippen LogP contribution < -0.4 is 16.7 Å². The Bertz CT molecular complexity index is 1890. The minimum absolute atomic E-state index is 0.0737. The Morgan fingerprint density at radius 2 is 1.81 bits per heavy atom. The molecule has 5 aromatic rings. The van der Waals surface area contributed by atoms with Crippen molar-refractivity contribution in [3.8, 4) is 5.69 Å². The fraction of sp³-hybridized carbons (Fsp3) is 0.182. The summed E-state index contributed by atoms with van der Waals surface area (Å²) in [5.41, 5.74) is 5.77. The van der Waals surface area contributed by atoms with E-state index in [1.807, 2.05) is 0 Å². The molecule has 0 unspecified atom stereocenters. The van der Waals surface area contributed by atoms with E-state index in [9.17, 15) is 26.4 Å². The number of nitrogen functional groups attached to an aromatic ring is 1. The van der Waals surface area contributed by atoms with E-state index in [2.05, 4.69) is 25.5 Å². The standard InChI is InChI=1S/C22H19F3N8O3S/c1-9(2)32-20-18(33(22(32)34)13-6-4-11(23)17-10(13)8-27-31-17)19(26)29-21(30-20)28-12-5-7-14(37(3,35)36)16(25)15(12)24/h4-9H,1-3H3,(H,27,31)(H3,26,28,29,30). The number of rotatable bonds is 5. The Labute approximate surface area is 206 Å². The number of aromatic amines is 1. The first-order chi connectivity index (χ1) is 17.4. The fourth-order valence-electron chi connectivity index (χ4n) is 4.10. The van der Waals surface area contributed by atoms with Crippen molar-refractivity contribution in [2.45, 2.75) is 24.8 Å². The number of nitrogens with two attached hydrogens (primary N) is 1. The zero-order chi connectivity index (χ0) is 26.8. The molecule has 0 aliphatic carbocycles. The summed E-state index contributed by atoms with van der Waals surface area (Å²) < 4.78 is 69.2. The highest BCUT2D eigenvalue weighted by atomic mass is 32.2. The van der Waals surface area contributed by atoms with Crippen LogP contribution in [-0.2, 0) is 9.84 Å². The average Bonchev–Trinajstić information content (AvgIpc) is 3.40. The molecule has 2 aromatic carbocycles. The van der Waals surface area contributed by atoms with Crippen molar-refractivity contribution in [1.29, 1.82) is 0 Å². The van der Waals surface area contributed by atoms with Crippen LogP contribution in [0.3, 0.4) is 0 Å². The van der Waals surface area contributed by atoms with Gasteiger partial charge in [0.25, 0.3) is 0 Å². The number of nitrogens with zero attached hydrogens (tertiary/aromatic N) is 5. The molecule has 0 saturated heterocycles. The van der Waals surface area contributed by atoms with E-state index in [-0.39, 0.29) is 34.1 Å².